The number of aliphatic carboxylic acids is 1. The Hall–Kier alpha value is -0.610. The fraction of sp³-hybridized carbons (Fsp3) is 0.889. The van der Waals surface area contributed by atoms with Crippen LogP contribution in [0.1, 0.15) is 33.1 Å². The standard InChI is InChI=1S/C6H10O3.C3H8O/c7-6(8)4-5-2-1-3-9-5;1-3(2)4/h5H,1-4H2,(H,7,8);3-4H,1-2H3. The molecule has 4 heteroatoms. The second-order valence-electron chi connectivity index (χ2n) is 3.33. The lowest BCUT2D eigenvalue weighted by atomic mass is 10.2. The summed E-state index contributed by atoms with van der Waals surface area (Å²) in [5.41, 5.74) is 0. The van der Waals surface area contributed by atoms with Crippen LogP contribution in [0.15, 0.2) is 0 Å². The Kier molecular flexibility index (Phi) is 6.54. The van der Waals surface area contributed by atoms with Gasteiger partial charge in [-0.25, -0.2) is 0 Å². The molecule has 1 atom stereocenters. The van der Waals surface area contributed by atoms with Crippen LogP contribution in [0.2, 0.25) is 0 Å². The maximum Gasteiger partial charge on any atom is 0.305 e. The first kappa shape index (κ1) is 12.4. The van der Waals surface area contributed by atoms with Crippen LogP contribution in [0.4, 0.5) is 0 Å². The average molecular weight is 190 g/mol. The van der Waals surface area contributed by atoms with Gasteiger partial charge in [-0.3, -0.25) is 4.79 Å². The zero-order valence-electron chi connectivity index (χ0n) is 8.19. The second kappa shape index (κ2) is 6.86. The largest absolute Gasteiger partial charge is 0.481 e. The summed E-state index contributed by atoms with van der Waals surface area (Å²) in [4.78, 5) is 10.1. The number of aliphatic hydroxyl groups is 1. The van der Waals surface area contributed by atoms with Gasteiger partial charge < -0.3 is 14.9 Å². The predicted molar refractivity (Wildman–Crippen MR) is 48.6 cm³/mol. The normalized spacial score (nSPS) is 21.1. The lowest BCUT2D eigenvalue weighted by Crippen LogP contribution is -2.10. The lowest BCUT2D eigenvalue weighted by molar-refractivity contribution is -0.139. The van der Waals surface area contributed by atoms with E-state index >= 15 is 0 Å². The van der Waals surface area contributed by atoms with Gasteiger partial charge in [0.1, 0.15) is 0 Å². The highest BCUT2D eigenvalue weighted by Gasteiger charge is 2.17. The van der Waals surface area contributed by atoms with Gasteiger partial charge in [0.05, 0.1) is 12.5 Å². The Labute approximate surface area is 78.5 Å². The zero-order valence-corrected chi connectivity index (χ0v) is 8.19. The molecule has 0 aliphatic carbocycles. The number of hydrogen-bond acceptors (Lipinski definition) is 3. The summed E-state index contributed by atoms with van der Waals surface area (Å²) in [7, 11) is 0. The molecule has 13 heavy (non-hydrogen) atoms. The quantitative estimate of drug-likeness (QED) is 0.682. The van der Waals surface area contributed by atoms with Crippen molar-refractivity contribution in [3.8, 4) is 0 Å². The Bertz CT molecular complexity index is 136. The van der Waals surface area contributed by atoms with Gasteiger partial charge in [-0.2, -0.15) is 0 Å². The highest BCUT2D eigenvalue weighted by Crippen LogP contribution is 2.14. The van der Waals surface area contributed by atoms with Crippen LogP contribution in [0, 0.1) is 0 Å². The number of aliphatic hydroxyl groups excluding tert-OH is 1. The topological polar surface area (TPSA) is 66.8 Å². The molecule has 1 aliphatic rings. The van der Waals surface area contributed by atoms with Crippen molar-refractivity contribution in [1.29, 1.82) is 0 Å². The molecule has 0 spiro atoms. The summed E-state index contributed by atoms with van der Waals surface area (Å²) in [6, 6.07) is 0. The average Bonchev–Trinajstić information content (AvgIpc) is 2.36. The number of rotatable bonds is 2. The molecule has 0 radical (unpaired) electrons. The number of carbonyl (C=O) groups is 1. The highest BCUT2D eigenvalue weighted by atomic mass is 16.5. The van der Waals surface area contributed by atoms with E-state index in [1.165, 1.54) is 0 Å². The molecule has 1 fully saturated rings. The molecule has 0 aromatic carbocycles. The van der Waals surface area contributed by atoms with Crippen LogP contribution < -0.4 is 0 Å². The summed E-state index contributed by atoms with van der Waals surface area (Å²) in [6.07, 6.45) is 1.91. The van der Waals surface area contributed by atoms with Crippen molar-refractivity contribution in [2.75, 3.05) is 6.61 Å². The van der Waals surface area contributed by atoms with Crippen molar-refractivity contribution in [2.45, 2.75) is 45.3 Å². The van der Waals surface area contributed by atoms with E-state index in [1.807, 2.05) is 0 Å². The summed E-state index contributed by atoms with van der Waals surface area (Å²) in [5.74, 6) is -0.762. The van der Waals surface area contributed by atoms with E-state index in [-0.39, 0.29) is 18.6 Å². The summed E-state index contributed by atoms with van der Waals surface area (Å²) >= 11 is 0. The molecule has 1 aliphatic heterocycles. The predicted octanol–water partition coefficient (Wildman–Crippen LogP) is 1.03. The first-order valence-electron chi connectivity index (χ1n) is 4.54. The van der Waals surface area contributed by atoms with Crippen LogP contribution in [0.3, 0.4) is 0 Å². The van der Waals surface area contributed by atoms with E-state index in [4.69, 9.17) is 14.9 Å². The Balaban J connectivity index is 0.000000310. The molecule has 0 aromatic rings. The van der Waals surface area contributed by atoms with E-state index in [0.717, 1.165) is 19.4 Å². The van der Waals surface area contributed by atoms with Gasteiger partial charge in [-0.15, -0.1) is 0 Å². The van der Waals surface area contributed by atoms with E-state index in [0.29, 0.717) is 0 Å². The van der Waals surface area contributed by atoms with Gasteiger partial charge in [0.25, 0.3) is 0 Å². The first-order chi connectivity index (χ1) is 6.02. The van der Waals surface area contributed by atoms with Gasteiger partial charge in [0, 0.05) is 12.7 Å². The van der Waals surface area contributed by atoms with Crippen molar-refractivity contribution in [3.63, 3.8) is 0 Å². The van der Waals surface area contributed by atoms with Crippen LogP contribution in [0.5, 0.6) is 0 Å². The number of hydrogen-bond donors (Lipinski definition) is 2. The maximum absolute atomic E-state index is 10.1. The third-order valence-electron chi connectivity index (χ3n) is 1.43. The van der Waals surface area contributed by atoms with Crippen LogP contribution in [-0.4, -0.2) is 35.0 Å². The number of carboxylic acids is 1. The van der Waals surface area contributed by atoms with Gasteiger partial charge in [0.2, 0.25) is 0 Å². The maximum atomic E-state index is 10.1. The van der Waals surface area contributed by atoms with Crippen LogP contribution >= 0.6 is 0 Å². The van der Waals surface area contributed by atoms with Crippen molar-refractivity contribution < 1.29 is 19.7 Å². The smallest absolute Gasteiger partial charge is 0.305 e. The van der Waals surface area contributed by atoms with Gasteiger partial charge in [-0.1, -0.05) is 0 Å². The van der Waals surface area contributed by atoms with Crippen LogP contribution in [-0.2, 0) is 9.53 Å². The lowest BCUT2D eigenvalue weighted by Gasteiger charge is -2.02. The molecule has 1 unspecified atom stereocenters. The minimum Gasteiger partial charge on any atom is -0.481 e. The molecule has 0 saturated carbocycles. The van der Waals surface area contributed by atoms with Crippen molar-refractivity contribution in [2.24, 2.45) is 0 Å². The molecule has 78 valence electrons. The Morgan fingerprint density at radius 1 is 1.62 bits per heavy atom. The zero-order chi connectivity index (χ0) is 10.3. The highest BCUT2D eigenvalue weighted by molar-refractivity contribution is 5.67. The third kappa shape index (κ3) is 9.30. The van der Waals surface area contributed by atoms with Gasteiger partial charge >= 0.3 is 5.97 Å². The summed E-state index contributed by atoms with van der Waals surface area (Å²) in [5, 5.41) is 16.3. The summed E-state index contributed by atoms with van der Waals surface area (Å²) < 4.78 is 5.08. The molecule has 4 nitrogen and oxygen atoms in total. The molecule has 2 N–H and O–H groups in total. The third-order valence-corrected chi connectivity index (χ3v) is 1.43. The van der Waals surface area contributed by atoms with E-state index in [2.05, 4.69) is 0 Å². The molecule has 0 aromatic heterocycles. The molecule has 0 amide bonds. The minimum absolute atomic E-state index is 0.0116. The first-order valence-corrected chi connectivity index (χ1v) is 4.54. The Morgan fingerprint density at radius 3 is 2.46 bits per heavy atom. The molecular weight excluding hydrogens is 172 g/mol. The molecular formula is C9H18O4. The summed E-state index contributed by atoms with van der Waals surface area (Å²) in [6.45, 7) is 4.18. The fourth-order valence-electron chi connectivity index (χ4n) is 1.00. The van der Waals surface area contributed by atoms with Gasteiger partial charge in [-0.05, 0) is 26.7 Å². The van der Waals surface area contributed by atoms with E-state index in [1.54, 1.807) is 13.8 Å². The van der Waals surface area contributed by atoms with E-state index in [9.17, 15) is 4.79 Å². The Morgan fingerprint density at radius 2 is 2.15 bits per heavy atom. The second-order valence-corrected chi connectivity index (χ2v) is 3.33. The SMILES string of the molecule is CC(C)O.O=C(O)CC1CCCO1. The van der Waals surface area contributed by atoms with E-state index < -0.39 is 5.97 Å². The van der Waals surface area contributed by atoms with Crippen molar-refractivity contribution in [1.82, 2.24) is 0 Å². The minimum atomic E-state index is -0.762. The van der Waals surface area contributed by atoms with Crippen molar-refractivity contribution in [3.05, 3.63) is 0 Å². The molecule has 0 bridgehead atoms. The molecule has 1 saturated heterocycles. The molecule has 1 heterocycles. The number of carboxylic acid groups (broad SMARTS) is 1. The van der Waals surface area contributed by atoms with Gasteiger partial charge in [0.15, 0.2) is 0 Å². The van der Waals surface area contributed by atoms with Crippen LogP contribution in [0.25, 0.3) is 0 Å². The number of ether oxygens (including phenoxy) is 1. The fourth-order valence-corrected chi connectivity index (χ4v) is 1.00. The van der Waals surface area contributed by atoms with Crippen molar-refractivity contribution >= 4 is 5.97 Å². The molecule has 1 rings (SSSR count). The monoisotopic (exact) mass is 190 g/mol.